The summed E-state index contributed by atoms with van der Waals surface area (Å²) in [6.07, 6.45) is 3.67. The largest absolute Gasteiger partial charge is 0.481 e. The maximum absolute atomic E-state index is 10.6. The Morgan fingerprint density at radius 1 is 1.33 bits per heavy atom. The van der Waals surface area contributed by atoms with E-state index in [-0.39, 0.29) is 6.42 Å². The third-order valence-electron chi connectivity index (χ3n) is 2.81. The SMILES string of the molecule is CCCC(CC)N(CCC(=O)O)C(C)C. The molecule has 3 nitrogen and oxygen atoms in total. The zero-order chi connectivity index (χ0) is 11.8. The molecule has 3 heteroatoms. The van der Waals surface area contributed by atoms with Crippen molar-refractivity contribution in [3.05, 3.63) is 0 Å². The van der Waals surface area contributed by atoms with E-state index < -0.39 is 5.97 Å². The third-order valence-corrected chi connectivity index (χ3v) is 2.81. The number of hydrogen-bond acceptors (Lipinski definition) is 2. The number of hydrogen-bond donors (Lipinski definition) is 1. The molecule has 0 rings (SSSR count). The van der Waals surface area contributed by atoms with Crippen LogP contribution in [0.4, 0.5) is 0 Å². The Labute approximate surface area is 93.5 Å². The maximum Gasteiger partial charge on any atom is 0.304 e. The van der Waals surface area contributed by atoms with Gasteiger partial charge in [-0.05, 0) is 26.7 Å². The Kier molecular flexibility index (Phi) is 7.39. The number of rotatable bonds is 8. The van der Waals surface area contributed by atoms with Gasteiger partial charge < -0.3 is 5.11 Å². The van der Waals surface area contributed by atoms with E-state index in [0.717, 1.165) is 19.3 Å². The van der Waals surface area contributed by atoms with Crippen molar-refractivity contribution >= 4 is 5.97 Å². The molecule has 0 aliphatic rings. The molecule has 1 atom stereocenters. The summed E-state index contributed by atoms with van der Waals surface area (Å²) in [5, 5.41) is 8.70. The van der Waals surface area contributed by atoms with E-state index in [1.165, 1.54) is 0 Å². The van der Waals surface area contributed by atoms with Crippen LogP contribution in [-0.4, -0.2) is 34.6 Å². The van der Waals surface area contributed by atoms with Gasteiger partial charge in [-0.3, -0.25) is 9.69 Å². The lowest BCUT2D eigenvalue weighted by Gasteiger charge is -2.34. The second kappa shape index (κ2) is 7.69. The van der Waals surface area contributed by atoms with Crippen LogP contribution >= 0.6 is 0 Å². The Bertz CT molecular complexity index is 180. The molecule has 0 heterocycles. The number of carboxylic acid groups (broad SMARTS) is 1. The van der Waals surface area contributed by atoms with Gasteiger partial charge >= 0.3 is 5.97 Å². The maximum atomic E-state index is 10.6. The number of nitrogens with zero attached hydrogens (tertiary/aromatic N) is 1. The fourth-order valence-electron chi connectivity index (χ4n) is 2.02. The summed E-state index contributed by atoms with van der Waals surface area (Å²) in [6.45, 7) is 9.31. The minimum atomic E-state index is -0.702. The van der Waals surface area contributed by atoms with Gasteiger partial charge in [-0.1, -0.05) is 20.3 Å². The predicted molar refractivity (Wildman–Crippen MR) is 63.1 cm³/mol. The van der Waals surface area contributed by atoms with E-state index >= 15 is 0 Å². The van der Waals surface area contributed by atoms with E-state index in [2.05, 4.69) is 32.6 Å². The van der Waals surface area contributed by atoms with Gasteiger partial charge in [-0.25, -0.2) is 0 Å². The van der Waals surface area contributed by atoms with Crippen LogP contribution in [0.1, 0.15) is 53.4 Å². The first kappa shape index (κ1) is 14.4. The first-order chi connectivity index (χ1) is 7.02. The molecule has 0 aromatic carbocycles. The van der Waals surface area contributed by atoms with Crippen molar-refractivity contribution in [2.75, 3.05) is 6.54 Å². The molecule has 0 fully saturated rings. The molecule has 0 aliphatic carbocycles. The predicted octanol–water partition coefficient (Wildman–Crippen LogP) is 2.75. The summed E-state index contributed by atoms with van der Waals surface area (Å²) >= 11 is 0. The van der Waals surface area contributed by atoms with E-state index in [0.29, 0.717) is 18.6 Å². The zero-order valence-electron chi connectivity index (χ0n) is 10.5. The van der Waals surface area contributed by atoms with Gasteiger partial charge in [0.15, 0.2) is 0 Å². The molecule has 0 spiro atoms. The third kappa shape index (κ3) is 5.78. The number of carbonyl (C=O) groups is 1. The van der Waals surface area contributed by atoms with Crippen molar-refractivity contribution in [3.8, 4) is 0 Å². The van der Waals surface area contributed by atoms with Crippen LogP contribution < -0.4 is 0 Å². The number of carboxylic acids is 1. The van der Waals surface area contributed by atoms with Gasteiger partial charge in [0, 0.05) is 18.6 Å². The minimum absolute atomic E-state index is 0.248. The summed E-state index contributed by atoms with van der Waals surface area (Å²) in [5.74, 6) is -0.702. The van der Waals surface area contributed by atoms with Crippen LogP contribution in [0, 0.1) is 0 Å². The molecule has 0 bridgehead atoms. The topological polar surface area (TPSA) is 40.5 Å². The smallest absolute Gasteiger partial charge is 0.304 e. The van der Waals surface area contributed by atoms with E-state index in [9.17, 15) is 4.79 Å². The average Bonchev–Trinajstić information content (AvgIpc) is 2.15. The van der Waals surface area contributed by atoms with Crippen molar-refractivity contribution < 1.29 is 9.90 Å². The molecule has 15 heavy (non-hydrogen) atoms. The number of aliphatic carboxylic acids is 1. The molecule has 0 saturated heterocycles. The van der Waals surface area contributed by atoms with Crippen molar-refractivity contribution in [1.29, 1.82) is 0 Å². The Balaban J connectivity index is 4.27. The molecule has 0 radical (unpaired) electrons. The first-order valence-corrected chi connectivity index (χ1v) is 6.00. The van der Waals surface area contributed by atoms with Gasteiger partial charge in [-0.15, -0.1) is 0 Å². The molecule has 0 saturated carbocycles. The molecule has 0 amide bonds. The zero-order valence-corrected chi connectivity index (χ0v) is 10.5. The molecule has 90 valence electrons. The van der Waals surface area contributed by atoms with Crippen LogP contribution in [0.15, 0.2) is 0 Å². The summed E-state index contributed by atoms with van der Waals surface area (Å²) < 4.78 is 0. The summed E-state index contributed by atoms with van der Waals surface area (Å²) in [5.41, 5.74) is 0. The molecule has 1 unspecified atom stereocenters. The molecule has 1 N–H and O–H groups in total. The second-order valence-electron chi connectivity index (χ2n) is 4.33. The van der Waals surface area contributed by atoms with Crippen LogP contribution in [0.3, 0.4) is 0 Å². The fraction of sp³-hybridized carbons (Fsp3) is 0.917. The quantitative estimate of drug-likeness (QED) is 0.677. The van der Waals surface area contributed by atoms with Crippen molar-refractivity contribution in [1.82, 2.24) is 4.90 Å². The molecule has 0 aromatic rings. The second-order valence-corrected chi connectivity index (χ2v) is 4.33. The Morgan fingerprint density at radius 3 is 2.27 bits per heavy atom. The van der Waals surface area contributed by atoms with E-state index in [1.54, 1.807) is 0 Å². The van der Waals surface area contributed by atoms with Gasteiger partial charge in [0.25, 0.3) is 0 Å². The van der Waals surface area contributed by atoms with E-state index in [4.69, 9.17) is 5.11 Å². The molecule has 0 aliphatic heterocycles. The molecule has 0 aromatic heterocycles. The van der Waals surface area contributed by atoms with Gasteiger partial charge in [-0.2, -0.15) is 0 Å². The van der Waals surface area contributed by atoms with Crippen LogP contribution in [0.25, 0.3) is 0 Å². The normalized spacial score (nSPS) is 13.5. The van der Waals surface area contributed by atoms with Crippen LogP contribution in [-0.2, 0) is 4.79 Å². The first-order valence-electron chi connectivity index (χ1n) is 6.00. The lowest BCUT2D eigenvalue weighted by Crippen LogP contribution is -2.41. The molecular formula is C12H25NO2. The van der Waals surface area contributed by atoms with Crippen molar-refractivity contribution in [2.24, 2.45) is 0 Å². The van der Waals surface area contributed by atoms with Crippen LogP contribution in [0.5, 0.6) is 0 Å². The highest BCUT2D eigenvalue weighted by molar-refractivity contribution is 5.66. The van der Waals surface area contributed by atoms with Crippen molar-refractivity contribution in [3.63, 3.8) is 0 Å². The summed E-state index contributed by atoms with van der Waals surface area (Å²) in [7, 11) is 0. The molecular weight excluding hydrogens is 190 g/mol. The fourth-order valence-corrected chi connectivity index (χ4v) is 2.02. The highest BCUT2D eigenvalue weighted by Crippen LogP contribution is 2.14. The minimum Gasteiger partial charge on any atom is -0.481 e. The van der Waals surface area contributed by atoms with Crippen molar-refractivity contribution in [2.45, 2.75) is 65.5 Å². The standard InChI is InChI=1S/C12H25NO2/c1-5-7-11(6-2)13(10(3)4)9-8-12(14)15/h10-11H,5-9H2,1-4H3,(H,14,15). The van der Waals surface area contributed by atoms with E-state index in [1.807, 2.05) is 0 Å². The van der Waals surface area contributed by atoms with Crippen LogP contribution in [0.2, 0.25) is 0 Å². The van der Waals surface area contributed by atoms with Gasteiger partial charge in [0.05, 0.1) is 6.42 Å². The average molecular weight is 215 g/mol. The Hall–Kier alpha value is -0.570. The lowest BCUT2D eigenvalue weighted by molar-refractivity contribution is -0.137. The lowest BCUT2D eigenvalue weighted by atomic mass is 10.1. The van der Waals surface area contributed by atoms with Gasteiger partial charge in [0.1, 0.15) is 0 Å². The summed E-state index contributed by atoms with van der Waals surface area (Å²) in [6, 6.07) is 0.968. The highest BCUT2D eigenvalue weighted by atomic mass is 16.4. The monoisotopic (exact) mass is 215 g/mol. The Morgan fingerprint density at radius 2 is 1.93 bits per heavy atom. The van der Waals surface area contributed by atoms with Gasteiger partial charge in [0.2, 0.25) is 0 Å². The highest BCUT2D eigenvalue weighted by Gasteiger charge is 2.19. The summed E-state index contributed by atoms with van der Waals surface area (Å²) in [4.78, 5) is 12.9.